The Bertz CT molecular complexity index is 661. The summed E-state index contributed by atoms with van der Waals surface area (Å²) in [6.45, 7) is 1.54. The van der Waals surface area contributed by atoms with Crippen LogP contribution in [0.25, 0.3) is 0 Å². The van der Waals surface area contributed by atoms with Crippen LogP contribution in [0, 0.1) is 23.7 Å². The molecule has 1 aromatic carbocycles. The number of carboxylic acids is 1. The molecule has 5 nitrogen and oxygen atoms in total. The summed E-state index contributed by atoms with van der Waals surface area (Å²) in [5.41, 5.74) is -0.517. The maximum Gasteiger partial charge on any atom is 0.408 e. The minimum absolute atomic E-state index is 0.0439. The van der Waals surface area contributed by atoms with Crippen LogP contribution in [0.15, 0.2) is 30.3 Å². The monoisotopic (exact) mass is 357 g/mol. The second-order valence-corrected chi connectivity index (χ2v) is 8.73. The number of alkyl carbamates (subject to hydrolysis) is 1. The van der Waals surface area contributed by atoms with Crippen LogP contribution in [-0.2, 0) is 16.0 Å². The predicted octanol–water partition coefficient (Wildman–Crippen LogP) is 3.62. The van der Waals surface area contributed by atoms with Gasteiger partial charge in [0.1, 0.15) is 11.6 Å². The molecule has 1 aromatic rings. The van der Waals surface area contributed by atoms with Crippen LogP contribution in [0.5, 0.6) is 0 Å². The Labute approximate surface area is 154 Å². The smallest absolute Gasteiger partial charge is 0.408 e. The van der Waals surface area contributed by atoms with Crippen LogP contribution >= 0.6 is 0 Å². The molecule has 4 aliphatic rings. The molecular weight excluding hydrogens is 330 g/mol. The van der Waals surface area contributed by atoms with Crippen molar-refractivity contribution < 1.29 is 19.4 Å². The minimum atomic E-state index is -1.38. The van der Waals surface area contributed by atoms with E-state index in [4.69, 9.17) is 4.74 Å². The molecule has 4 aliphatic carbocycles. The van der Waals surface area contributed by atoms with Crippen molar-refractivity contribution in [1.82, 2.24) is 5.32 Å². The second-order valence-electron chi connectivity index (χ2n) is 8.73. The lowest BCUT2D eigenvalue weighted by atomic mass is 9.55. The Morgan fingerprint density at radius 1 is 1.08 bits per heavy atom. The van der Waals surface area contributed by atoms with Crippen molar-refractivity contribution in [3.63, 3.8) is 0 Å². The van der Waals surface area contributed by atoms with Gasteiger partial charge in [-0.2, -0.15) is 0 Å². The van der Waals surface area contributed by atoms with Crippen molar-refractivity contribution >= 4 is 12.1 Å². The average Bonchev–Trinajstić information content (AvgIpc) is 2.58. The zero-order valence-electron chi connectivity index (χ0n) is 15.2. The van der Waals surface area contributed by atoms with Crippen molar-refractivity contribution in [1.29, 1.82) is 0 Å². The summed E-state index contributed by atoms with van der Waals surface area (Å²) in [5, 5.41) is 12.3. The molecule has 26 heavy (non-hydrogen) atoms. The van der Waals surface area contributed by atoms with E-state index in [0.29, 0.717) is 11.8 Å². The van der Waals surface area contributed by atoms with Crippen molar-refractivity contribution in [2.24, 2.45) is 23.7 Å². The zero-order valence-corrected chi connectivity index (χ0v) is 15.2. The van der Waals surface area contributed by atoms with E-state index < -0.39 is 17.6 Å². The number of ether oxygens (including phenoxy) is 1. The van der Waals surface area contributed by atoms with Crippen LogP contribution in [0.1, 0.15) is 44.6 Å². The molecule has 5 rings (SSSR count). The highest BCUT2D eigenvalue weighted by Crippen LogP contribution is 2.54. The topological polar surface area (TPSA) is 75.6 Å². The third-order valence-corrected chi connectivity index (χ3v) is 6.63. The second kappa shape index (κ2) is 6.60. The van der Waals surface area contributed by atoms with Gasteiger partial charge in [-0.1, -0.05) is 30.3 Å². The van der Waals surface area contributed by atoms with E-state index in [1.54, 1.807) is 6.92 Å². The lowest BCUT2D eigenvalue weighted by Gasteiger charge is -2.53. The predicted molar refractivity (Wildman–Crippen MR) is 96.6 cm³/mol. The molecule has 0 saturated heterocycles. The highest BCUT2D eigenvalue weighted by molar-refractivity contribution is 5.84. The van der Waals surface area contributed by atoms with E-state index in [1.165, 1.54) is 6.42 Å². The van der Waals surface area contributed by atoms with Gasteiger partial charge in [0, 0.05) is 6.42 Å². The standard InChI is InChI=1S/C21H27NO4/c1-21(19(23)24,12-13-5-3-2-4-6-13)22-20(25)26-18-16-8-14-7-15(10-16)11-17(18)9-14/h2-6,14-18H,7-12H2,1H3,(H,22,25)(H,23,24). The molecular formula is C21H27NO4. The van der Waals surface area contributed by atoms with Crippen LogP contribution in [-0.4, -0.2) is 28.8 Å². The van der Waals surface area contributed by atoms with E-state index in [0.717, 1.165) is 43.1 Å². The highest BCUT2D eigenvalue weighted by Gasteiger charge is 2.50. The number of hydrogen-bond donors (Lipinski definition) is 2. The van der Waals surface area contributed by atoms with Gasteiger partial charge in [-0.05, 0) is 68.3 Å². The van der Waals surface area contributed by atoms with E-state index >= 15 is 0 Å². The van der Waals surface area contributed by atoms with Gasteiger partial charge in [0.25, 0.3) is 0 Å². The molecule has 1 unspecified atom stereocenters. The molecule has 1 atom stereocenters. The number of aliphatic carboxylic acids is 1. The van der Waals surface area contributed by atoms with Gasteiger partial charge < -0.3 is 15.2 Å². The Balaban J connectivity index is 1.41. The van der Waals surface area contributed by atoms with Crippen LogP contribution in [0.3, 0.4) is 0 Å². The first-order valence-corrected chi connectivity index (χ1v) is 9.69. The van der Waals surface area contributed by atoms with Gasteiger partial charge in [-0.15, -0.1) is 0 Å². The molecule has 140 valence electrons. The molecule has 0 spiro atoms. The van der Waals surface area contributed by atoms with Gasteiger partial charge in [0.15, 0.2) is 0 Å². The molecule has 2 N–H and O–H groups in total. The molecule has 4 fully saturated rings. The van der Waals surface area contributed by atoms with Crippen LogP contribution < -0.4 is 5.32 Å². The summed E-state index contributed by atoms with van der Waals surface area (Å²) in [7, 11) is 0. The van der Waals surface area contributed by atoms with Crippen LogP contribution in [0.2, 0.25) is 0 Å². The average molecular weight is 357 g/mol. The molecule has 0 aliphatic heterocycles. The lowest BCUT2D eigenvalue weighted by Crippen LogP contribution is -2.56. The first kappa shape index (κ1) is 17.4. The molecule has 0 aromatic heterocycles. The zero-order chi connectivity index (χ0) is 18.3. The van der Waals surface area contributed by atoms with Crippen molar-refractivity contribution in [3.8, 4) is 0 Å². The summed E-state index contributed by atoms with van der Waals surface area (Å²) in [5.74, 6) is 1.48. The molecule has 4 saturated carbocycles. The Hall–Kier alpha value is -2.04. The number of benzene rings is 1. The fourth-order valence-electron chi connectivity index (χ4n) is 5.62. The maximum absolute atomic E-state index is 12.5. The van der Waals surface area contributed by atoms with Gasteiger partial charge in [0.2, 0.25) is 0 Å². The normalized spacial score (nSPS) is 34.1. The number of carbonyl (C=O) groups excluding carboxylic acids is 1. The highest BCUT2D eigenvalue weighted by atomic mass is 16.6. The number of rotatable bonds is 5. The molecule has 5 heteroatoms. The summed E-state index contributed by atoms with van der Waals surface area (Å²) in [6.07, 6.45) is 5.56. The largest absolute Gasteiger partial charge is 0.480 e. The Morgan fingerprint density at radius 2 is 1.65 bits per heavy atom. The third kappa shape index (κ3) is 3.31. The number of amides is 1. The summed E-state index contributed by atoms with van der Waals surface area (Å²) >= 11 is 0. The van der Waals surface area contributed by atoms with Gasteiger partial charge in [0.05, 0.1) is 0 Å². The van der Waals surface area contributed by atoms with Crippen molar-refractivity contribution in [2.75, 3.05) is 0 Å². The number of carbonyl (C=O) groups is 2. The molecule has 0 heterocycles. The SMILES string of the molecule is CC(Cc1ccccc1)(NC(=O)OC1C2CC3CC(C2)CC1C3)C(=O)O. The Morgan fingerprint density at radius 3 is 2.19 bits per heavy atom. The number of nitrogens with one attached hydrogen (secondary N) is 1. The van der Waals surface area contributed by atoms with Crippen molar-refractivity contribution in [3.05, 3.63) is 35.9 Å². The first-order valence-electron chi connectivity index (χ1n) is 9.69. The summed E-state index contributed by atoms with van der Waals surface area (Å²) in [4.78, 5) is 24.4. The Kier molecular flexibility index (Phi) is 4.41. The fourth-order valence-corrected chi connectivity index (χ4v) is 5.62. The van der Waals surface area contributed by atoms with E-state index in [1.807, 2.05) is 30.3 Å². The fraction of sp³-hybridized carbons (Fsp3) is 0.619. The maximum atomic E-state index is 12.5. The third-order valence-electron chi connectivity index (χ3n) is 6.63. The molecule has 4 bridgehead atoms. The van der Waals surface area contributed by atoms with Gasteiger partial charge >= 0.3 is 12.1 Å². The van der Waals surface area contributed by atoms with E-state index in [2.05, 4.69) is 5.32 Å². The van der Waals surface area contributed by atoms with Gasteiger partial charge in [-0.25, -0.2) is 9.59 Å². The van der Waals surface area contributed by atoms with Crippen molar-refractivity contribution in [2.45, 2.75) is 57.1 Å². The first-order chi connectivity index (χ1) is 12.4. The van der Waals surface area contributed by atoms with E-state index in [-0.39, 0.29) is 12.5 Å². The quantitative estimate of drug-likeness (QED) is 0.844. The number of carboxylic acid groups (broad SMARTS) is 1. The van der Waals surface area contributed by atoms with Gasteiger partial charge in [-0.3, -0.25) is 0 Å². The minimum Gasteiger partial charge on any atom is -0.480 e. The molecule has 1 amide bonds. The molecule has 0 radical (unpaired) electrons. The lowest BCUT2D eigenvalue weighted by molar-refractivity contribution is -0.144. The number of hydrogen-bond acceptors (Lipinski definition) is 3. The van der Waals surface area contributed by atoms with E-state index in [9.17, 15) is 14.7 Å². The van der Waals surface area contributed by atoms with Crippen LogP contribution in [0.4, 0.5) is 4.79 Å². The summed E-state index contributed by atoms with van der Waals surface area (Å²) in [6, 6.07) is 9.35. The summed E-state index contributed by atoms with van der Waals surface area (Å²) < 4.78 is 5.80.